The number of benzene rings is 1. The van der Waals surface area contributed by atoms with Crippen LogP contribution in [0.5, 0.6) is 0 Å². The van der Waals surface area contributed by atoms with E-state index in [1.54, 1.807) is 0 Å². The molecule has 2 unspecified atom stereocenters. The van der Waals surface area contributed by atoms with Gasteiger partial charge in [0.1, 0.15) is 11.9 Å². The second-order valence-electron chi connectivity index (χ2n) is 4.84. The van der Waals surface area contributed by atoms with Gasteiger partial charge >= 0.3 is 5.97 Å². The van der Waals surface area contributed by atoms with Crippen molar-refractivity contribution < 1.29 is 29.3 Å². The lowest BCUT2D eigenvalue weighted by Gasteiger charge is -2.17. The van der Waals surface area contributed by atoms with Crippen molar-refractivity contribution in [1.29, 1.82) is 0 Å². The zero-order chi connectivity index (χ0) is 16.7. The highest BCUT2D eigenvalue weighted by atomic mass is 16.5. The van der Waals surface area contributed by atoms with Crippen molar-refractivity contribution in [2.45, 2.75) is 32.0 Å². The molecule has 22 heavy (non-hydrogen) atoms. The van der Waals surface area contributed by atoms with Crippen LogP contribution in [0, 0.1) is 0 Å². The van der Waals surface area contributed by atoms with Gasteiger partial charge in [-0.25, -0.2) is 0 Å². The van der Waals surface area contributed by atoms with Crippen molar-refractivity contribution in [2.75, 3.05) is 12.4 Å². The average Bonchev–Trinajstić information content (AvgIpc) is 2.46. The Labute approximate surface area is 127 Å². The molecule has 0 aromatic heterocycles. The summed E-state index contributed by atoms with van der Waals surface area (Å²) < 4.78 is 4.42. The fourth-order valence-corrected chi connectivity index (χ4v) is 1.78. The first-order valence-corrected chi connectivity index (χ1v) is 6.65. The SMILES string of the molecule is COC(=O)CC(O)C(O)c1ccc(NC(=O)CC(C)=O)cc1. The number of ketones is 1. The van der Waals surface area contributed by atoms with Crippen LogP contribution in [0.15, 0.2) is 24.3 Å². The third-order valence-corrected chi connectivity index (χ3v) is 2.91. The second-order valence-corrected chi connectivity index (χ2v) is 4.84. The first-order valence-electron chi connectivity index (χ1n) is 6.65. The highest BCUT2D eigenvalue weighted by Gasteiger charge is 2.21. The van der Waals surface area contributed by atoms with Gasteiger partial charge in [-0.1, -0.05) is 12.1 Å². The van der Waals surface area contributed by atoms with Gasteiger partial charge in [0.05, 0.1) is 26.1 Å². The number of Topliss-reactive ketones (excluding diaryl/α,β-unsaturated/α-hetero) is 1. The van der Waals surface area contributed by atoms with Crippen LogP contribution in [0.4, 0.5) is 5.69 Å². The van der Waals surface area contributed by atoms with E-state index in [2.05, 4.69) is 10.1 Å². The van der Waals surface area contributed by atoms with Crippen molar-refractivity contribution in [3.63, 3.8) is 0 Å². The molecule has 0 saturated heterocycles. The highest BCUT2D eigenvalue weighted by molar-refractivity contribution is 6.03. The molecule has 0 fully saturated rings. The number of carbonyl (C=O) groups is 3. The first kappa shape index (κ1) is 17.8. The predicted molar refractivity (Wildman–Crippen MR) is 78.0 cm³/mol. The normalized spacial score (nSPS) is 13.1. The van der Waals surface area contributed by atoms with Crippen molar-refractivity contribution in [1.82, 2.24) is 0 Å². The Balaban J connectivity index is 2.65. The second kappa shape index (κ2) is 8.26. The predicted octanol–water partition coefficient (Wildman–Crippen LogP) is 0.562. The molecule has 0 saturated carbocycles. The summed E-state index contributed by atoms with van der Waals surface area (Å²) >= 11 is 0. The Hall–Kier alpha value is -2.25. The fraction of sp³-hybridized carbons (Fsp3) is 0.400. The van der Waals surface area contributed by atoms with E-state index in [4.69, 9.17) is 0 Å². The lowest BCUT2D eigenvalue weighted by Crippen LogP contribution is -2.22. The van der Waals surface area contributed by atoms with E-state index in [0.717, 1.165) is 0 Å². The molecule has 3 N–H and O–H groups in total. The third-order valence-electron chi connectivity index (χ3n) is 2.91. The van der Waals surface area contributed by atoms with E-state index >= 15 is 0 Å². The van der Waals surface area contributed by atoms with Crippen LogP contribution in [0.2, 0.25) is 0 Å². The van der Waals surface area contributed by atoms with Gasteiger partial charge in [0.25, 0.3) is 0 Å². The van der Waals surface area contributed by atoms with Gasteiger partial charge < -0.3 is 20.3 Å². The van der Waals surface area contributed by atoms with Gasteiger partial charge in [-0.2, -0.15) is 0 Å². The van der Waals surface area contributed by atoms with Crippen LogP contribution in [0.25, 0.3) is 0 Å². The molecule has 1 amide bonds. The molecule has 0 bridgehead atoms. The monoisotopic (exact) mass is 309 g/mol. The van der Waals surface area contributed by atoms with Crippen molar-refractivity contribution in [2.24, 2.45) is 0 Å². The van der Waals surface area contributed by atoms with Gasteiger partial charge in [-0.3, -0.25) is 14.4 Å². The topological polar surface area (TPSA) is 113 Å². The molecule has 7 heteroatoms. The zero-order valence-corrected chi connectivity index (χ0v) is 12.4. The van der Waals surface area contributed by atoms with Gasteiger partial charge in [0.2, 0.25) is 5.91 Å². The Morgan fingerprint density at radius 3 is 2.27 bits per heavy atom. The number of carbonyl (C=O) groups excluding carboxylic acids is 3. The molecule has 1 aromatic rings. The average molecular weight is 309 g/mol. The van der Waals surface area contributed by atoms with Crippen LogP contribution < -0.4 is 5.32 Å². The van der Waals surface area contributed by atoms with Crippen LogP contribution >= 0.6 is 0 Å². The van der Waals surface area contributed by atoms with Crippen molar-refractivity contribution >= 4 is 23.3 Å². The number of aliphatic hydroxyl groups is 2. The number of rotatable bonds is 7. The van der Waals surface area contributed by atoms with Crippen LogP contribution in [-0.2, 0) is 19.1 Å². The maximum atomic E-state index is 11.4. The molecule has 0 aliphatic heterocycles. The van der Waals surface area contributed by atoms with E-state index in [9.17, 15) is 24.6 Å². The molecule has 0 radical (unpaired) electrons. The number of anilines is 1. The number of methoxy groups -OCH3 is 1. The number of hydrogen-bond donors (Lipinski definition) is 3. The molecular formula is C15H19NO6. The summed E-state index contributed by atoms with van der Waals surface area (Å²) in [7, 11) is 1.19. The molecule has 0 heterocycles. The summed E-state index contributed by atoms with van der Waals surface area (Å²) in [6, 6.07) is 6.08. The summed E-state index contributed by atoms with van der Waals surface area (Å²) in [6.07, 6.45) is -3.07. The minimum absolute atomic E-state index is 0.206. The van der Waals surface area contributed by atoms with E-state index < -0.39 is 24.1 Å². The van der Waals surface area contributed by atoms with Gasteiger partial charge in [0, 0.05) is 5.69 Å². The van der Waals surface area contributed by atoms with E-state index in [-0.39, 0.29) is 18.6 Å². The minimum Gasteiger partial charge on any atom is -0.469 e. The minimum atomic E-state index is -1.29. The molecule has 7 nitrogen and oxygen atoms in total. The standard InChI is InChI=1S/C15H19NO6/c1-9(17)7-13(19)16-11-5-3-10(4-6-11)15(21)12(18)8-14(20)22-2/h3-6,12,15,18,21H,7-8H2,1-2H3,(H,16,19). The summed E-state index contributed by atoms with van der Waals surface area (Å²) in [5, 5.41) is 22.2. The van der Waals surface area contributed by atoms with E-state index in [0.29, 0.717) is 11.3 Å². The smallest absolute Gasteiger partial charge is 0.308 e. The van der Waals surface area contributed by atoms with Gasteiger partial charge in [-0.05, 0) is 24.6 Å². The molecule has 120 valence electrons. The molecule has 1 aromatic carbocycles. The van der Waals surface area contributed by atoms with E-state index in [1.165, 1.54) is 38.3 Å². The third kappa shape index (κ3) is 5.63. The molecule has 1 rings (SSSR count). The maximum absolute atomic E-state index is 11.4. The van der Waals surface area contributed by atoms with E-state index in [1.807, 2.05) is 0 Å². The molecule has 0 aliphatic rings. The van der Waals surface area contributed by atoms with Crippen molar-refractivity contribution in [3.05, 3.63) is 29.8 Å². The maximum Gasteiger partial charge on any atom is 0.308 e. The summed E-state index contributed by atoms with van der Waals surface area (Å²) in [5.74, 6) is -1.29. The highest BCUT2D eigenvalue weighted by Crippen LogP contribution is 2.21. The number of nitrogens with one attached hydrogen (secondary N) is 1. The number of amides is 1. The Bertz CT molecular complexity index is 539. The number of aliphatic hydroxyl groups excluding tert-OH is 2. The largest absolute Gasteiger partial charge is 0.469 e. The Morgan fingerprint density at radius 1 is 1.18 bits per heavy atom. The molecule has 2 atom stereocenters. The summed E-state index contributed by atoms with van der Waals surface area (Å²) in [6.45, 7) is 1.32. The lowest BCUT2D eigenvalue weighted by atomic mass is 10.0. The van der Waals surface area contributed by atoms with Crippen LogP contribution in [0.1, 0.15) is 31.4 Å². The van der Waals surface area contributed by atoms with Gasteiger partial charge in [-0.15, -0.1) is 0 Å². The van der Waals surface area contributed by atoms with Crippen molar-refractivity contribution in [3.8, 4) is 0 Å². The Morgan fingerprint density at radius 2 is 1.77 bits per heavy atom. The lowest BCUT2D eigenvalue weighted by molar-refractivity contribution is -0.144. The van der Waals surface area contributed by atoms with Gasteiger partial charge in [0.15, 0.2) is 0 Å². The molecule has 0 spiro atoms. The summed E-state index contributed by atoms with van der Waals surface area (Å²) in [5.41, 5.74) is 0.852. The van der Waals surface area contributed by atoms with Crippen LogP contribution in [0.3, 0.4) is 0 Å². The zero-order valence-electron chi connectivity index (χ0n) is 12.4. The fourth-order valence-electron chi connectivity index (χ4n) is 1.78. The number of ether oxygens (including phenoxy) is 1. The summed E-state index contributed by atoms with van der Waals surface area (Å²) in [4.78, 5) is 33.3. The molecule has 0 aliphatic carbocycles. The first-order chi connectivity index (χ1) is 10.3. The number of esters is 1. The quantitative estimate of drug-likeness (QED) is 0.501. The number of hydrogen-bond acceptors (Lipinski definition) is 6. The molecular weight excluding hydrogens is 290 g/mol. The Kier molecular flexibility index (Phi) is 6.68. The van der Waals surface area contributed by atoms with Crippen LogP contribution in [-0.4, -0.2) is 41.1 Å².